The van der Waals surface area contributed by atoms with E-state index in [2.05, 4.69) is 0 Å². The van der Waals surface area contributed by atoms with Crippen molar-refractivity contribution in [2.45, 2.75) is 12.4 Å². The first kappa shape index (κ1) is 20.8. The van der Waals surface area contributed by atoms with Crippen LogP contribution in [0.25, 0.3) is 5.76 Å². The SMILES string of the molecule is N#C/C(C(=O)Nc1cccc(C(F)(F)F)c1)=C(/O)c1ccc(C(F)(F)F)cc1. The van der Waals surface area contributed by atoms with Crippen molar-refractivity contribution in [3.8, 4) is 6.07 Å². The summed E-state index contributed by atoms with van der Waals surface area (Å²) >= 11 is 0. The molecule has 0 fully saturated rings. The number of amides is 1. The first-order valence-electron chi connectivity index (χ1n) is 7.43. The zero-order chi connectivity index (χ0) is 21.1. The summed E-state index contributed by atoms with van der Waals surface area (Å²) in [7, 11) is 0. The highest BCUT2D eigenvalue weighted by molar-refractivity contribution is 6.10. The van der Waals surface area contributed by atoms with Crippen molar-refractivity contribution in [3.05, 3.63) is 70.8 Å². The average molecular weight is 400 g/mol. The van der Waals surface area contributed by atoms with Gasteiger partial charge in [0, 0.05) is 11.3 Å². The highest BCUT2D eigenvalue weighted by Crippen LogP contribution is 2.32. The zero-order valence-corrected chi connectivity index (χ0v) is 13.7. The van der Waals surface area contributed by atoms with Gasteiger partial charge in [0.2, 0.25) is 0 Å². The normalized spacial score (nSPS) is 12.8. The van der Waals surface area contributed by atoms with E-state index in [4.69, 9.17) is 5.26 Å². The second-order valence-electron chi connectivity index (χ2n) is 5.44. The minimum atomic E-state index is -4.66. The molecule has 0 spiro atoms. The van der Waals surface area contributed by atoms with Gasteiger partial charge in [-0.1, -0.05) is 18.2 Å². The molecule has 2 N–H and O–H groups in total. The molecule has 0 bridgehead atoms. The zero-order valence-electron chi connectivity index (χ0n) is 13.7. The molecule has 0 aliphatic heterocycles. The number of benzene rings is 2. The molecule has 0 aliphatic rings. The third-order valence-electron chi connectivity index (χ3n) is 3.51. The van der Waals surface area contributed by atoms with Gasteiger partial charge in [0.15, 0.2) is 5.57 Å². The van der Waals surface area contributed by atoms with Gasteiger partial charge in [-0.2, -0.15) is 31.6 Å². The number of hydrogen-bond acceptors (Lipinski definition) is 3. The maximum atomic E-state index is 12.7. The fourth-order valence-corrected chi connectivity index (χ4v) is 2.14. The molecule has 0 unspecified atom stereocenters. The largest absolute Gasteiger partial charge is 0.506 e. The molecule has 0 aliphatic carbocycles. The number of nitrogens with one attached hydrogen (secondary N) is 1. The number of rotatable bonds is 3. The van der Waals surface area contributed by atoms with Crippen molar-refractivity contribution in [3.63, 3.8) is 0 Å². The van der Waals surface area contributed by atoms with Gasteiger partial charge in [-0.3, -0.25) is 4.79 Å². The predicted octanol–water partition coefficient (Wildman–Crippen LogP) is 5.16. The first-order valence-corrected chi connectivity index (χ1v) is 7.43. The molecule has 0 radical (unpaired) electrons. The lowest BCUT2D eigenvalue weighted by atomic mass is 10.1. The summed E-state index contributed by atoms with van der Waals surface area (Å²) in [6, 6.07) is 7.95. The Hall–Kier alpha value is -3.48. The van der Waals surface area contributed by atoms with Crippen LogP contribution < -0.4 is 5.32 Å². The topological polar surface area (TPSA) is 73.1 Å². The van der Waals surface area contributed by atoms with Gasteiger partial charge >= 0.3 is 12.4 Å². The Morgan fingerprint density at radius 3 is 2.00 bits per heavy atom. The molecule has 0 atom stereocenters. The molecule has 28 heavy (non-hydrogen) atoms. The number of nitrogens with zero attached hydrogens (tertiary/aromatic N) is 1. The fourth-order valence-electron chi connectivity index (χ4n) is 2.14. The molecule has 2 aromatic rings. The minimum Gasteiger partial charge on any atom is -0.506 e. The average Bonchev–Trinajstić information content (AvgIpc) is 2.61. The molecule has 0 saturated carbocycles. The number of nitriles is 1. The molecule has 0 saturated heterocycles. The summed E-state index contributed by atoms with van der Waals surface area (Å²) < 4.78 is 75.8. The van der Waals surface area contributed by atoms with Crippen LogP contribution in [0.4, 0.5) is 32.0 Å². The van der Waals surface area contributed by atoms with Crippen LogP contribution in [-0.2, 0) is 17.1 Å². The Balaban J connectivity index is 2.31. The fraction of sp³-hybridized carbons (Fsp3) is 0.111. The third kappa shape index (κ3) is 4.82. The van der Waals surface area contributed by atoms with Crippen molar-refractivity contribution >= 4 is 17.4 Å². The highest BCUT2D eigenvalue weighted by atomic mass is 19.4. The maximum Gasteiger partial charge on any atom is 0.416 e. The van der Waals surface area contributed by atoms with Gasteiger partial charge < -0.3 is 10.4 Å². The summed E-state index contributed by atoms with van der Waals surface area (Å²) in [6.45, 7) is 0. The monoisotopic (exact) mass is 400 g/mol. The van der Waals surface area contributed by atoms with E-state index in [1.165, 1.54) is 6.07 Å². The Morgan fingerprint density at radius 1 is 0.929 bits per heavy atom. The summed E-state index contributed by atoms with van der Waals surface area (Å²) in [5.41, 5.74) is -3.45. The van der Waals surface area contributed by atoms with Crippen LogP contribution >= 0.6 is 0 Å². The number of carbonyl (C=O) groups excluding carboxylic acids is 1. The van der Waals surface area contributed by atoms with E-state index in [1.54, 1.807) is 0 Å². The van der Waals surface area contributed by atoms with E-state index in [-0.39, 0.29) is 11.3 Å². The Labute approximate surface area is 154 Å². The molecule has 2 aromatic carbocycles. The number of alkyl halides is 6. The molecule has 2 rings (SSSR count). The lowest BCUT2D eigenvalue weighted by Crippen LogP contribution is -2.16. The lowest BCUT2D eigenvalue weighted by molar-refractivity contribution is -0.138. The van der Waals surface area contributed by atoms with Crippen molar-refractivity contribution in [1.82, 2.24) is 0 Å². The van der Waals surface area contributed by atoms with Gasteiger partial charge in [-0.15, -0.1) is 0 Å². The number of carbonyl (C=O) groups is 1. The second kappa shape index (κ2) is 7.64. The molecule has 0 heterocycles. The summed E-state index contributed by atoms with van der Waals surface area (Å²) in [4.78, 5) is 12.1. The lowest BCUT2D eigenvalue weighted by Gasteiger charge is -2.11. The first-order chi connectivity index (χ1) is 12.9. The second-order valence-corrected chi connectivity index (χ2v) is 5.44. The molecular formula is C18H10F6N2O2. The van der Waals surface area contributed by atoms with Gasteiger partial charge in [-0.05, 0) is 30.3 Å². The third-order valence-corrected chi connectivity index (χ3v) is 3.51. The van der Waals surface area contributed by atoms with Crippen LogP contribution in [0.15, 0.2) is 54.1 Å². The molecular weight excluding hydrogens is 390 g/mol. The van der Waals surface area contributed by atoms with Crippen molar-refractivity contribution in [2.75, 3.05) is 5.32 Å². The number of aliphatic hydroxyl groups is 1. The van der Waals surface area contributed by atoms with Crippen LogP contribution in [0.2, 0.25) is 0 Å². The number of aliphatic hydroxyl groups excluding tert-OH is 1. The van der Waals surface area contributed by atoms with E-state index < -0.39 is 40.7 Å². The molecule has 146 valence electrons. The van der Waals surface area contributed by atoms with E-state index in [0.29, 0.717) is 18.2 Å². The minimum absolute atomic E-state index is 0.247. The standard InChI is InChI=1S/C18H10F6N2O2/c19-17(20,21)11-6-4-10(5-7-11)15(27)14(9-25)16(28)26-13-3-1-2-12(8-13)18(22,23)24/h1-8,27H,(H,26,28)/b15-14-. The van der Waals surface area contributed by atoms with Crippen LogP contribution in [0.5, 0.6) is 0 Å². The van der Waals surface area contributed by atoms with Gasteiger partial charge in [-0.25, -0.2) is 0 Å². The molecule has 0 aromatic heterocycles. The van der Waals surface area contributed by atoms with E-state index in [0.717, 1.165) is 30.3 Å². The van der Waals surface area contributed by atoms with Crippen LogP contribution in [-0.4, -0.2) is 11.0 Å². The Bertz CT molecular complexity index is 954. The Morgan fingerprint density at radius 2 is 1.50 bits per heavy atom. The number of halogens is 6. The van der Waals surface area contributed by atoms with Crippen molar-refractivity contribution in [2.24, 2.45) is 0 Å². The number of hydrogen-bond donors (Lipinski definition) is 2. The van der Waals surface area contributed by atoms with Crippen molar-refractivity contribution < 1.29 is 36.2 Å². The van der Waals surface area contributed by atoms with Gasteiger partial charge in [0.25, 0.3) is 5.91 Å². The van der Waals surface area contributed by atoms with E-state index in [1.807, 2.05) is 5.32 Å². The van der Waals surface area contributed by atoms with Crippen LogP contribution in [0.1, 0.15) is 16.7 Å². The summed E-state index contributed by atoms with van der Waals surface area (Å²) in [6.07, 6.45) is -9.27. The van der Waals surface area contributed by atoms with Crippen LogP contribution in [0, 0.1) is 11.3 Å². The quantitative estimate of drug-likeness (QED) is 0.324. The molecule has 10 heteroatoms. The molecule has 4 nitrogen and oxygen atoms in total. The highest BCUT2D eigenvalue weighted by Gasteiger charge is 2.31. The maximum absolute atomic E-state index is 12.7. The van der Waals surface area contributed by atoms with E-state index in [9.17, 15) is 36.2 Å². The predicted molar refractivity (Wildman–Crippen MR) is 86.7 cm³/mol. The summed E-state index contributed by atoms with van der Waals surface area (Å²) in [5.74, 6) is -2.14. The smallest absolute Gasteiger partial charge is 0.416 e. The van der Waals surface area contributed by atoms with Gasteiger partial charge in [0.05, 0.1) is 11.1 Å². The summed E-state index contributed by atoms with van der Waals surface area (Å²) in [5, 5.41) is 21.2. The molecule has 1 amide bonds. The van der Waals surface area contributed by atoms with E-state index >= 15 is 0 Å². The van der Waals surface area contributed by atoms with Crippen LogP contribution in [0.3, 0.4) is 0 Å². The van der Waals surface area contributed by atoms with Crippen molar-refractivity contribution in [1.29, 1.82) is 5.26 Å². The van der Waals surface area contributed by atoms with Gasteiger partial charge in [0.1, 0.15) is 11.8 Å². The number of anilines is 1. The Kier molecular flexibility index (Phi) is 5.68.